The fourth-order valence-electron chi connectivity index (χ4n) is 2.90. The number of hydrogen-bond acceptors (Lipinski definition) is 5. The van der Waals surface area contributed by atoms with Gasteiger partial charge in [-0.05, 0) is 17.7 Å². The third-order valence-corrected chi connectivity index (χ3v) is 4.31. The number of benzene rings is 2. The number of amides is 1. The molecule has 0 radical (unpaired) electrons. The Kier molecular flexibility index (Phi) is 4.41. The molecule has 0 aliphatic carbocycles. The van der Waals surface area contributed by atoms with Crippen molar-refractivity contribution >= 4 is 17.1 Å². The number of carbonyl (C=O) groups is 1. The molecule has 3 aromatic rings. The Morgan fingerprint density at radius 3 is 2.58 bits per heavy atom. The largest absolute Gasteiger partial charge is 0.463 e. The first-order valence-corrected chi connectivity index (χ1v) is 8.38. The van der Waals surface area contributed by atoms with E-state index in [1.165, 1.54) is 6.26 Å². The van der Waals surface area contributed by atoms with Gasteiger partial charge in [0.25, 0.3) is 0 Å². The molecule has 0 spiro atoms. The van der Waals surface area contributed by atoms with E-state index < -0.39 is 6.09 Å². The Bertz CT molecular complexity index is 990. The van der Waals surface area contributed by atoms with Gasteiger partial charge in [-0.15, -0.1) is 0 Å². The Balaban J connectivity index is 1.62. The zero-order chi connectivity index (χ0) is 17.9. The maximum Gasteiger partial charge on any atom is 0.415 e. The number of nitrogens with zero attached hydrogens (tertiary/aromatic N) is 1. The Hall–Kier alpha value is -3.12. The third-order valence-electron chi connectivity index (χ3n) is 4.31. The van der Waals surface area contributed by atoms with Crippen LogP contribution in [-0.4, -0.2) is 37.3 Å². The van der Waals surface area contributed by atoms with Gasteiger partial charge in [-0.1, -0.05) is 30.3 Å². The Labute approximate surface area is 149 Å². The average Bonchev–Trinajstić information content (AvgIpc) is 2.69. The Morgan fingerprint density at radius 1 is 1.04 bits per heavy atom. The molecule has 132 valence electrons. The van der Waals surface area contributed by atoms with Crippen molar-refractivity contribution in [1.82, 2.24) is 4.90 Å². The van der Waals surface area contributed by atoms with Crippen LogP contribution >= 0.6 is 0 Å². The summed E-state index contributed by atoms with van der Waals surface area (Å²) < 4.78 is 16.2. The Morgan fingerprint density at radius 2 is 1.81 bits per heavy atom. The molecule has 6 nitrogen and oxygen atoms in total. The van der Waals surface area contributed by atoms with Crippen LogP contribution in [0.25, 0.3) is 22.1 Å². The van der Waals surface area contributed by atoms with E-state index in [0.29, 0.717) is 48.6 Å². The summed E-state index contributed by atoms with van der Waals surface area (Å²) in [5, 5.41) is 0.442. The van der Waals surface area contributed by atoms with Gasteiger partial charge in [0, 0.05) is 19.2 Å². The van der Waals surface area contributed by atoms with Gasteiger partial charge in [-0.25, -0.2) is 4.79 Å². The topological polar surface area (TPSA) is 69.0 Å². The van der Waals surface area contributed by atoms with Gasteiger partial charge >= 0.3 is 6.09 Å². The van der Waals surface area contributed by atoms with E-state index in [2.05, 4.69) is 0 Å². The predicted molar refractivity (Wildman–Crippen MR) is 96.3 cm³/mol. The molecule has 6 heteroatoms. The van der Waals surface area contributed by atoms with Crippen LogP contribution in [0.15, 0.2) is 64.0 Å². The lowest BCUT2D eigenvalue weighted by molar-refractivity contribution is 0.0416. The minimum absolute atomic E-state index is 0.122. The first kappa shape index (κ1) is 16.4. The number of fused-ring (bicyclic) bond motifs is 1. The van der Waals surface area contributed by atoms with E-state index in [1.54, 1.807) is 23.1 Å². The molecule has 1 amide bonds. The molecule has 2 aromatic carbocycles. The summed E-state index contributed by atoms with van der Waals surface area (Å²) in [5.41, 5.74) is 1.55. The number of hydrogen-bond donors (Lipinski definition) is 0. The summed E-state index contributed by atoms with van der Waals surface area (Å²) >= 11 is 0. The zero-order valence-corrected chi connectivity index (χ0v) is 14.0. The van der Waals surface area contributed by atoms with E-state index in [-0.39, 0.29) is 5.43 Å². The number of rotatable bonds is 2. The van der Waals surface area contributed by atoms with Crippen molar-refractivity contribution in [1.29, 1.82) is 0 Å². The molecular formula is C20H17NO5. The summed E-state index contributed by atoms with van der Waals surface area (Å²) in [6.07, 6.45) is 1.00. The summed E-state index contributed by atoms with van der Waals surface area (Å²) in [7, 11) is 0. The van der Waals surface area contributed by atoms with Crippen LogP contribution in [0, 0.1) is 0 Å². The fraction of sp³-hybridized carbons (Fsp3) is 0.200. The smallest absolute Gasteiger partial charge is 0.415 e. The second kappa shape index (κ2) is 7.01. The highest BCUT2D eigenvalue weighted by molar-refractivity contribution is 5.83. The van der Waals surface area contributed by atoms with Crippen molar-refractivity contribution < 1.29 is 18.7 Å². The third kappa shape index (κ3) is 3.19. The van der Waals surface area contributed by atoms with Crippen LogP contribution in [-0.2, 0) is 4.74 Å². The summed E-state index contributed by atoms with van der Waals surface area (Å²) in [6, 6.07) is 14.1. The molecule has 1 saturated heterocycles. The molecule has 0 atom stereocenters. The minimum Gasteiger partial charge on any atom is -0.463 e. The van der Waals surface area contributed by atoms with Gasteiger partial charge in [-0.3, -0.25) is 4.79 Å². The van der Waals surface area contributed by atoms with Crippen LogP contribution in [0.2, 0.25) is 0 Å². The first-order chi connectivity index (χ1) is 12.7. The van der Waals surface area contributed by atoms with Gasteiger partial charge in [0.2, 0.25) is 0 Å². The zero-order valence-electron chi connectivity index (χ0n) is 14.0. The number of morpholine rings is 1. The molecule has 1 aliphatic heterocycles. The monoisotopic (exact) mass is 351 g/mol. The van der Waals surface area contributed by atoms with Crippen LogP contribution in [0.4, 0.5) is 4.79 Å². The SMILES string of the molecule is O=C(Oc1ccc2c(=O)c(-c3ccccc3)coc2c1)N1CCOCC1. The quantitative estimate of drug-likeness (QED) is 0.709. The number of ether oxygens (including phenoxy) is 2. The lowest BCUT2D eigenvalue weighted by atomic mass is 10.1. The van der Waals surface area contributed by atoms with Crippen molar-refractivity contribution in [3.8, 4) is 16.9 Å². The van der Waals surface area contributed by atoms with Crippen molar-refractivity contribution in [2.45, 2.75) is 0 Å². The predicted octanol–water partition coefficient (Wildman–Crippen LogP) is 3.29. The van der Waals surface area contributed by atoms with Crippen LogP contribution in [0.1, 0.15) is 0 Å². The molecule has 1 aliphatic rings. The maximum absolute atomic E-state index is 12.7. The summed E-state index contributed by atoms with van der Waals surface area (Å²) in [6.45, 7) is 2.01. The van der Waals surface area contributed by atoms with E-state index in [1.807, 2.05) is 30.3 Å². The maximum atomic E-state index is 12.7. The molecule has 0 bridgehead atoms. The summed E-state index contributed by atoms with van der Waals surface area (Å²) in [4.78, 5) is 26.5. The minimum atomic E-state index is -0.434. The molecule has 1 fully saturated rings. The molecule has 26 heavy (non-hydrogen) atoms. The van der Waals surface area contributed by atoms with Crippen molar-refractivity contribution in [2.75, 3.05) is 26.3 Å². The molecule has 4 rings (SSSR count). The molecule has 0 unspecified atom stereocenters. The van der Waals surface area contributed by atoms with Crippen molar-refractivity contribution in [2.24, 2.45) is 0 Å². The first-order valence-electron chi connectivity index (χ1n) is 8.38. The molecular weight excluding hydrogens is 334 g/mol. The second-order valence-electron chi connectivity index (χ2n) is 5.97. The van der Waals surface area contributed by atoms with Gasteiger partial charge in [0.1, 0.15) is 17.6 Å². The molecule has 1 aromatic heterocycles. The average molecular weight is 351 g/mol. The lowest BCUT2D eigenvalue weighted by Crippen LogP contribution is -2.42. The second-order valence-corrected chi connectivity index (χ2v) is 5.97. The highest BCUT2D eigenvalue weighted by Crippen LogP contribution is 2.23. The van der Waals surface area contributed by atoms with Crippen molar-refractivity contribution in [3.05, 3.63) is 65.0 Å². The normalized spacial score (nSPS) is 14.4. The standard InChI is InChI=1S/C20H17NO5/c22-19-16-7-6-15(26-20(23)21-8-10-24-11-9-21)12-18(16)25-13-17(19)14-4-2-1-3-5-14/h1-7,12-13H,8-11H2. The van der Waals surface area contributed by atoms with Gasteiger partial charge in [-0.2, -0.15) is 0 Å². The number of carbonyl (C=O) groups excluding carboxylic acids is 1. The van der Waals surface area contributed by atoms with Crippen LogP contribution < -0.4 is 10.2 Å². The van der Waals surface area contributed by atoms with Crippen LogP contribution in [0.3, 0.4) is 0 Å². The van der Waals surface area contributed by atoms with E-state index >= 15 is 0 Å². The molecule has 2 heterocycles. The van der Waals surface area contributed by atoms with E-state index in [0.717, 1.165) is 5.56 Å². The van der Waals surface area contributed by atoms with Gasteiger partial charge in [0.15, 0.2) is 5.43 Å². The highest BCUT2D eigenvalue weighted by Gasteiger charge is 2.19. The summed E-state index contributed by atoms with van der Waals surface area (Å²) in [5.74, 6) is 0.338. The van der Waals surface area contributed by atoms with E-state index in [9.17, 15) is 9.59 Å². The molecule has 0 N–H and O–H groups in total. The van der Waals surface area contributed by atoms with Gasteiger partial charge in [0.05, 0.1) is 24.2 Å². The lowest BCUT2D eigenvalue weighted by Gasteiger charge is -2.25. The van der Waals surface area contributed by atoms with Crippen LogP contribution in [0.5, 0.6) is 5.75 Å². The van der Waals surface area contributed by atoms with E-state index in [4.69, 9.17) is 13.9 Å². The fourth-order valence-corrected chi connectivity index (χ4v) is 2.90. The van der Waals surface area contributed by atoms with Gasteiger partial charge < -0.3 is 18.8 Å². The highest BCUT2D eigenvalue weighted by atomic mass is 16.6. The van der Waals surface area contributed by atoms with Crippen molar-refractivity contribution in [3.63, 3.8) is 0 Å². The molecule has 0 saturated carbocycles.